The van der Waals surface area contributed by atoms with Crippen molar-refractivity contribution < 1.29 is 19.1 Å². The molecule has 5 N–H and O–H groups in total. The van der Waals surface area contributed by atoms with E-state index in [-0.39, 0.29) is 13.0 Å². The zero-order valence-electron chi connectivity index (χ0n) is 15.2. The molecule has 0 aliphatic rings. The van der Waals surface area contributed by atoms with Gasteiger partial charge >= 0.3 is 6.03 Å². The highest BCUT2D eigenvalue weighted by Crippen LogP contribution is 2.20. The van der Waals surface area contributed by atoms with E-state index in [0.717, 1.165) is 11.1 Å². The van der Waals surface area contributed by atoms with Gasteiger partial charge in [-0.1, -0.05) is 41.9 Å². The van der Waals surface area contributed by atoms with E-state index >= 15 is 0 Å². The second kappa shape index (κ2) is 10.2. The van der Waals surface area contributed by atoms with Gasteiger partial charge in [-0.3, -0.25) is 20.4 Å². The van der Waals surface area contributed by atoms with Crippen molar-refractivity contribution in [3.05, 3.63) is 64.7 Å². The topological polar surface area (TPSA) is 123 Å². The molecule has 2 aromatic carbocycles. The van der Waals surface area contributed by atoms with E-state index in [1.54, 1.807) is 18.2 Å². The summed E-state index contributed by atoms with van der Waals surface area (Å²) in [5.74, 6) is -0.711. The number of carbonyl (C=O) groups excluding carboxylic acids is 3. The molecule has 9 heteroatoms. The Morgan fingerprint density at radius 2 is 1.82 bits per heavy atom. The standard InChI is InChI=1S/C19H21ClN4O4/c1-12-9-14(7-8-15(12)20)28-11-17(25)23-24-18(26)16(22-19(21)27)10-13-5-3-2-4-6-13/h2-9,16H,10-11H2,1H3,(H,23,25)(H,24,26)(H3,21,22,27). The number of ether oxygens (including phenoxy) is 1. The average molecular weight is 405 g/mol. The molecular weight excluding hydrogens is 384 g/mol. The van der Waals surface area contributed by atoms with E-state index < -0.39 is 23.9 Å². The molecule has 0 saturated heterocycles. The number of hydrogen-bond acceptors (Lipinski definition) is 4. The second-order valence-electron chi connectivity index (χ2n) is 5.99. The Balaban J connectivity index is 1.85. The Hall–Kier alpha value is -3.26. The van der Waals surface area contributed by atoms with Gasteiger partial charge in [0, 0.05) is 11.4 Å². The molecule has 0 fully saturated rings. The van der Waals surface area contributed by atoms with Gasteiger partial charge < -0.3 is 15.8 Å². The van der Waals surface area contributed by atoms with Gasteiger partial charge in [0.1, 0.15) is 11.8 Å². The van der Waals surface area contributed by atoms with Crippen molar-refractivity contribution in [3.63, 3.8) is 0 Å². The third-order valence-corrected chi connectivity index (χ3v) is 4.16. The lowest BCUT2D eigenvalue weighted by Gasteiger charge is -2.18. The van der Waals surface area contributed by atoms with E-state index in [0.29, 0.717) is 10.8 Å². The quantitative estimate of drug-likeness (QED) is 0.521. The molecule has 28 heavy (non-hydrogen) atoms. The minimum Gasteiger partial charge on any atom is -0.484 e. The van der Waals surface area contributed by atoms with Gasteiger partial charge in [-0.05, 0) is 36.2 Å². The van der Waals surface area contributed by atoms with Crippen LogP contribution in [0.3, 0.4) is 0 Å². The normalized spacial score (nSPS) is 11.2. The van der Waals surface area contributed by atoms with Gasteiger partial charge in [-0.15, -0.1) is 0 Å². The van der Waals surface area contributed by atoms with Crippen LogP contribution in [-0.2, 0) is 16.0 Å². The largest absolute Gasteiger partial charge is 0.484 e. The molecule has 8 nitrogen and oxygen atoms in total. The minimum atomic E-state index is -0.944. The third kappa shape index (κ3) is 6.81. The summed E-state index contributed by atoms with van der Waals surface area (Å²) in [4.78, 5) is 35.3. The lowest BCUT2D eigenvalue weighted by atomic mass is 10.1. The number of hydrazine groups is 1. The number of hydrogen-bond donors (Lipinski definition) is 4. The first-order chi connectivity index (χ1) is 13.3. The molecular formula is C19H21ClN4O4. The van der Waals surface area contributed by atoms with E-state index in [9.17, 15) is 14.4 Å². The van der Waals surface area contributed by atoms with Crippen LogP contribution < -0.4 is 26.6 Å². The van der Waals surface area contributed by atoms with Crippen LogP contribution in [0, 0.1) is 6.92 Å². The summed E-state index contributed by atoms with van der Waals surface area (Å²) < 4.78 is 5.34. The van der Waals surface area contributed by atoms with Gasteiger partial charge in [0.05, 0.1) is 0 Å². The maximum absolute atomic E-state index is 12.3. The smallest absolute Gasteiger partial charge is 0.312 e. The molecule has 1 unspecified atom stereocenters. The van der Waals surface area contributed by atoms with Gasteiger partial charge in [-0.25, -0.2) is 4.79 Å². The van der Waals surface area contributed by atoms with Crippen molar-refractivity contribution in [2.24, 2.45) is 5.73 Å². The summed E-state index contributed by atoms with van der Waals surface area (Å²) in [7, 11) is 0. The first-order valence-corrected chi connectivity index (χ1v) is 8.80. The number of aryl methyl sites for hydroxylation is 1. The predicted molar refractivity (Wildman–Crippen MR) is 105 cm³/mol. The van der Waals surface area contributed by atoms with E-state index in [2.05, 4.69) is 16.2 Å². The highest BCUT2D eigenvalue weighted by atomic mass is 35.5. The molecule has 2 aromatic rings. The third-order valence-electron chi connectivity index (χ3n) is 3.74. The van der Waals surface area contributed by atoms with Crippen LogP contribution in [-0.4, -0.2) is 30.5 Å². The zero-order valence-corrected chi connectivity index (χ0v) is 16.0. The summed E-state index contributed by atoms with van der Waals surface area (Å²) in [6.45, 7) is 1.50. The average Bonchev–Trinajstić information content (AvgIpc) is 2.67. The summed E-state index contributed by atoms with van der Waals surface area (Å²) in [6, 6.07) is 12.3. The van der Waals surface area contributed by atoms with Gasteiger partial charge in [-0.2, -0.15) is 0 Å². The minimum absolute atomic E-state index is 0.214. The number of nitrogens with two attached hydrogens (primary N) is 1. The molecule has 0 bridgehead atoms. The van der Waals surface area contributed by atoms with Crippen LogP contribution >= 0.6 is 11.6 Å². The summed E-state index contributed by atoms with van der Waals surface area (Å²) in [5.41, 5.74) is 11.3. The van der Waals surface area contributed by atoms with Gasteiger partial charge in [0.2, 0.25) is 0 Å². The lowest BCUT2D eigenvalue weighted by Crippen LogP contribution is -2.54. The van der Waals surface area contributed by atoms with Crippen LogP contribution in [0.1, 0.15) is 11.1 Å². The maximum atomic E-state index is 12.3. The Morgan fingerprint density at radius 3 is 2.46 bits per heavy atom. The van der Waals surface area contributed by atoms with Crippen LogP contribution in [0.4, 0.5) is 4.79 Å². The molecule has 2 rings (SSSR count). The molecule has 1 atom stereocenters. The second-order valence-corrected chi connectivity index (χ2v) is 6.40. The fourth-order valence-electron chi connectivity index (χ4n) is 2.34. The summed E-state index contributed by atoms with van der Waals surface area (Å²) >= 11 is 5.93. The van der Waals surface area contributed by atoms with Crippen LogP contribution in [0.5, 0.6) is 5.75 Å². The Labute approximate surface area is 167 Å². The van der Waals surface area contributed by atoms with Gasteiger partial charge in [0.15, 0.2) is 6.61 Å². The number of nitrogens with one attached hydrogen (secondary N) is 3. The lowest BCUT2D eigenvalue weighted by molar-refractivity contribution is -0.130. The maximum Gasteiger partial charge on any atom is 0.312 e. The molecule has 4 amide bonds. The molecule has 0 spiro atoms. The number of urea groups is 1. The van der Waals surface area contributed by atoms with Crippen LogP contribution in [0.25, 0.3) is 0 Å². The molecule has 0 saturated carbocycles. The monoisotopic (exact) mass is 404 g/mol. The van der Waals surface area contributed by atoms with Crippen LogP contribution in [0.2, 0.25) is 5.02 Å². The van der Waals surface area contributed by atoms with Crippen molar-refractivity contribution in [1.29, 1.82) is 0 Å². The number of rotatable bonds is 7. The fraction of sp³-hybridized carbons (Fsp3) is 0.211. The number of carbonyl (C=O) groups is 3. The Bertz CT molecular complexity index is 845. The number of amides is 4. The van der Waals surface area contributed by atoms with Crippen molar-refractivity contribution in [2.45, 2.75) is 19.4 Å². The number of benzene rings is 2. The first kappa shape index (κ1) is 21.0. The van der Waals surface area contributed by atoms with E-state index in [1.807, 2.05) is 37.3 Å². The Kier molecular flexibility index (Phi) is 7.65. The van der Waals surface area contributed by atoms with Gasteiger partial charge in [0.25, 0.3) is 11.8 Å². The molecule has 0 radical (unpaired) electrons. The molecule has 0 heterocycles. The molecule has 0 aromatic heterocycles. The molecule has 148 valence electrons. The van der Waals surface area contributed by atoms with E-state index in [1.165, 1.54) is 0 Å². The highest BCUT2D eigenvalue weighted by molar-refractivity contribution is 6.31. The summed E-state index contributed by atoms with van der Waals surface area (Å²) in [5, 5.41) is 2.95. The molecule has 0 aliphatic carbocycles. The van der Waals surface area contributed by atoms with Crippen molar-refractivity contribution >= 4 is 29.4 Å². The summed E-state index contributed by atoms with van der Waals surface area (Å²) in [6.07, 6.45) is 0.214. The van der Waals surface area contributed by atoms with Crippen LogP contribution in [0.15, 0.2) is 48.5 Å². The van der Waals surface area contributed by atoms with Crippen molar-refractivity contribution in [2.75, 3.05) is 6.61 Å². The highest BCUT2D eigenvalue weighted by Gasteiger charge is 2.20. The zero-order chi connectivity index (χ0) is 20.5. The fourth-order valence-corrected chi connectivity index (χ4v) is 2.46. The molecule has 0 aliphatic heterocycles. The van der Waals surface area contributed by atoms with E-state index in [4.69, 9.17) is 22.1 Å². The SMILES string of the molecule is Cc1cc(OCC(=O)NNC(=O)C(Cc2ccccc2)NC(N)=O)ccc1Cl. The van der Waals surface area contributed by atoms with Crippen molar-refractivity contribution in [3.8, 4) is 5.75 Å². The predicted octanol–water partition coefficient (Wildman–Crippen LogP) is 1.45. The first-order valence-electron chi connectivity index (χ1n) is 8.42. The number of halogens is 1. The number of primary amides is 1. The Morgan fingerprint density at radius 1 is 1.11 bits per heavy atom. The van der Waals surface area contributed by atoms with Crippen molar-refractivity contribution in [1.82, 2.24) is 16.2 Å².